The van der Waals surface area contributed by atoms with E-state index in [1.54, 1.807) is 23.7 Å². The van der Waals surface area contributed by atoms with Crippen LogP contribution in [0.4, 0.5) is 0 Å². The molecule has 0 saturated carbocycles. The number of likely N-dealkylation sites (N-methyl/N-ethyl adjacent to an activating group) is 1. The second-order valence-electron chi connectivity index (χ2n) is 4.55. The van der Waals surface area contributed by atoms with Gasteiger partial charge in [0.15, 0.2) is 0 Å². The van der Waals surface area contributed by atoms with Crippen molar-refractivity contribution in [2.24, 2.45) is 0 Å². The summed E-state index contributed by atoms with van der Waals surface area (Å²) < 4.78 is 1.78. The SMILES string of the molecule is CCCc1nc2ccc(C(=O)O)cc2n1CC(=O)NC. The average molecular weight is 275 g/mol. The van der Waals surface area contributed by atoms with E-state index in [2.05, 4.69) is 10.3 Å². The fourth-order valence-corrected chi connectivity index (χ4v) is 2.12. The number of carboxylic acids is 1. The number of amides is 1. The molecule has 1 aromatic heterocycles. The molecule has 0 aliphatic rings. The van der Waals surface area contributed by atoms with Crippen LogP contribution in [0, 0.1) is 0 Å². The lowest BCUT2D eigenvalue weighted by Crippen LogP contribution is -2.24. The molecule has 1 aromatic carbocycles. The molecule has 0 radical (unpaired) electrons. The molecule has 2 aromatic rings. The summed E-state index contributed by atoms with van der Waals surface area (Å²) in [7, 11) is 1.57. The summed E-state index contributed by atoms with van der Waals surface area (Å²) in [6.45, 7) is 2.18. The van der Waals surface area contributed by atoms with Crippen LogP contribution in [-0.4, -0.2) is 33.6 Å². The lowest BCUT2D eigenvalue weighted by molar-refractivity contribution is -0.121. The van der Waals surface area contributed by atoms with Crippen molar-refractivity contribution in [1.82, 2.24) is 14.9 Å². The molecule has 1 heterocycles. The molecule has 6 nitrogen and oxygen atoms in total. The van der Waals surface area contributed by atoms with E-state index in [9.17, 15) is 9.59 Å². The number of carbonyl (C=O) groups is 2. The molecular weight excluding hydrogens is 258 g/mol. The highest BCUT2D eigenvalue weighted by Gasteiger charge is 2.14. The van der Waals surface area contributed by atoms with Gasteiger partial charge in [0.25, 0.3) is 0 Å². The predicted octanol–water partition coefficient (Wildman–Crippen LogP) is 1.43. The van der Waals surface area contributed by atoms with Crippen molar-refractivity contribution in [3.63, 3.8) is 0 Å². The van der Waals surface area contributed by atoms with E-state index in [0.29, 0.717) is 11.0 Å². The molecule has 2 rings (SSSR count). The van der Waals surface area contributed by atoms with E-state index in [1.165, 1.54) is 6.07 Å². The van der Waals surface area contributed by atoms with Crippen LogP contribution >= 0.6 is 0 Å². The van der Waals surface area contributed by atoms with Crippen molar-refractivity contribution in [3.05, 3.63) is 29.6 Å². The van der Waals surface area contributed by atoms with Gasteiger partial charge in [-0.3, -0.25) is 4.79 Å². The van der Waals surface area contributed by atoms with Crippen LogP contribution < -0.4 is 5.32 Å². The highest BCUT2D eigenvalue weighted by atomic mass is 16.4. The van der Waals surface area contributed by atoms with Crippen LogP contribution in [0.3, 0.4) is 0 Å². The number of aromatic carboxylic acids is 1. The normalized spacial score (nSPS) is 10.7. The first-order chi connectivity index (χ1) is 9.56. The molecule has 0 unspecified atom stereocenters. The molecule has 20 heavy (non-hydrogen) atoms. The molecule has 0 bridgehead atoms. The van der Waals surface area contributed by atoms with Crippen LogP contribution in [0.1, 0.15) is 29.5 Å². The first kappa shape index (κ1) is 14.0. The van der Waals surface area contributed by atoms with Gasteiger partial charge in [-0.1, -0.05) is 6.92 Å². The minimum absolute atomic E-state index is 0.137. The third-order valence-electron chi connectivity index (χ3n) is 3.13. The van der Waals surface area contributed by atoms with E-state index < -0.39 is 5.97 Å². The first-order valence-electron chi connectivity index (χ1n) is 6.49. The average Bonchev–Trinajstić information content (AvgIpc) is 2.76. The Labute approximate surface area is 116 Å². The third-order valence-corrected chi connectivity index (χ3v) is 3.13. The standard InChI is InChI=1S/C14H17N3O3/c1-3-4-12-16-10-6-5-9(14(19)20)7-11(10)17(12)8-13(18)15-2/h5-7H,3-4,8H2,1-2H3,(H,15,18)(H,19,20). The Balaban J connectivity index is 2.57. The number of nitrogens with zero attached hydrogens (tertiary/aromatic N) is 2. The van der Waals surface area contributed by atoms with E-state index in [4.69, 9.17) is 5.11 Å². The summed E-state index contributed by atoms with van der Waals surface area (Å²) in [6.07, 6.45) is 1.65. The van der Waals surface area contributed by atoms with Crippen LogP contribution in [0.15, 0.2) is 18.2 Å². The molecule has 0 atom stereocenters. The zero-order valence-electron chi connectivity index (χ0n) is 11.5. The molecule has 2 N–H and O–H groups in total. The van der Waals surface area contributed by atoms with Crippen molar-refractivity contribution >= 4 is 22.9 Å². The number of nitrogens with one attached hydrogen (secondary N) is 1. The molecule has 0 saturated heterocycles. The monoisotopic (exact) mass is 275 g/mol. The molecule has 1 amide bonds. The molecule has 0 spiro atoms. The van der Waals surface area contributed by atoms with E-state index in [1.807, 2.05) is 6.92 Å². The Morgan fingerprint density at radius 1 is 1.40 bits per heavy atom. The highest BCUT2D eigenvalue weighted by molar-refractivity contribution is 5.93. The van der Waals surface area contributed by atoms with Crippen molar-refractivity contribution in [2.45, 2.75) is 26.3 Å². The first-order valence-corrected chi connectivity index (χ1v) is 6.49. The Hall–Kier alpha value is -2.37. The molecule has 0 aliphatic carbocycles. The number of fused-ring (bicyclic) bond motifs is 1. The summed E-state index contributed by atoms with van der Waals surface area (Å²) in [5.74, 6) is -0.326. The summed E-state index contributed by atoms with van der Waals surface area (Å²) in [6, 6.07) is 4.77. The maximum Gasteiger partial charge on any atom is 0.335 e. The van der Waals surface area contributed by atoms with E-state index >= 15 is 0 Å². The van der Waals surface area contributed by atoms with Gasteiger partial charge in [-0.05, 0) is 24.6 Å². The number of imidazole rings is 1. The van der Waals surface area contributed by atoms with Crippen LogP contribution in [0.25, 0.3) is 11.0 Å². The Morgan fingerprint density at radius 3 is 2.75 bits per heavy atom. The van der Waals surface area contributed by atoms with Gasteiger partial charge >= 0.3 is 5.97 Å². The van der Waals surface area contributed by atoms with E-state index in [0.717, 1.165) is 18.7 Å². The Bertz CT molecular complexity index is 661. The van der Waals surface area contributed by atoms with Gasteiger partial charge in [-0.25, -0.2) is 9.78 Å². The topological polar surface area (TPSA) is 84.2 Å². The number of rotatable bonds is 5. The number of hydrogen-bond donors (Lipinski definition) is 2. The number of carbonyl (C=O) groups excluding carboxylic acids is 1. The minimum atomic E-state index is -0.989. The lowest BCUT2D eigenvalue weighted by atomic mass is 10.2. The number of aryl methyl sites for hydroxylation is 1. The quantitative estimate of drug-likeness (QED) is 0.864. The van der Waals surface area contributed by atoms with Crippen molar-refractivity contribution in [1.29, 1.82) is 0 Å². The van der Waals surface area contributed by atoms with Gasteiger partial charge in [0, 0.05) is 13.5 Å². The van der Waals surface area contributed by atoms with Gasteiger partial charge in [0.2, 0.25) is 5.91 Å². The van der Waals surface area contributed by atoms with Crippen molar-refractivity contribution in [2.75, 3.05) is 7.05 Å². The zero-order valence-corrected chi connectivity index (χ0v) is 11.5. The number of hydrogen-bond acceptors (Lipinski definition) is 3. The van der Waals surface area contributed by atoms with Gasteiger partial charge in [-0.15, -0.1) is 0 Å². The maximum absolute atomic E-state index is 11.6. The summed E-state index contributed by atoms with van der Waals surface area (Å²) in [5, 5.41) is 11.6. The highest BCUT2D eigenvalue weighted by Crippen LogP contribution is 2.19. The smallest absolute Gasteiger partial charge is 0.335 e. The van der Waals surface area contributed by atoms with Crippen LogP contribution in [-0.2, 0) is 17.8 Å². The predicted molar refractivity (Wildman–Crippen MR) is 74.8 cm³/mol. The molecule has 0 aliphatic heterocycles. The van der Waals surface area contributed by atoms with Crippen molar-refractivity contribution < 1.29 is 14.7 Å². The second kappa shape index (κ2) is 5.73. The van der Waals surface area contributed by atoms with Gasteiger partial charge in [0.1, 0.15) is 12.4 Å². The van der Waals surface area contributed by atoms with Gasteiger partial charge < -0.3 is 15.0 Å². The minimum Gasteiger partial charge on any atom is -0.478 e. The summed E-state index contributed by atoms with van der Waals surface area (Å²) >= 11 is 0. The van der Waals surface area contributed by atoms with Crippen LogP contribution in [0.2, 0.25) is 0 Å². The number of benzene rings is 1. The van der Waals surface area contributed by atoms with Gasteiger partial charge in [-0.2, -0.15) is 0 Å². The molecule has 6 heteroatoms. The zero-order chi connectivity index (χ0) is 14.7. The van der Waals surface area contributed by atoms with Crippen LogP contribution in [0.5, 0.6) is 0 Å². The maximum atomic E-state index is 11.6. The fourth-order valence-electron chi connectivity index (χ4n) is 2.12. The number of aromatic nitrogens is 2. The Morgan fingerprint density at radius 2 is 2.15 bits per heavy atom. The van der Waals surface area contributed by atoms with E-state index in [-0.39, 0.29) is 18.0 Å². The number of carboxylic acid groups (broad SMARTS) is 1. The second-order valence-corrected chi connectivity index (χ2v) is 4.55. The van der Waals surface area contributed by atoms with Gasteiger partial charge in [0.05, 0.1) is 16.6 Å². The Kier molecular flexibility index (Phi) is 4.02. The lowest BCUT2D eigenvalue weighted by Gasteiger charge is -2.07. The van der Waals surface area contributed by atoms with Crippen molar-refractivity contribution in [3.8, 4) is 0 Å². The third kappa shape index (κ3) is 2.64. The summed E-state index contributed by atoms with van der Waals surface area (Å²) in [4.78, 5) is 27.2. The molecule has 106 valence electrons. The largest absolute Gasteiger partial charge is 0.478 e. The molecular formula is C14H17N3O3. The summed E-state index contributed by atoms with van der Waals surface area (Å²) in [5.41, 5.74) is 1.58. The fraction of sp³-hybridized carbons (Fsp3) is 0.357. The molecule has 0 fully saturated rings.